The molecule has 0 saturated heterocycles. The topological polar surface area (TPSA) is 20.2 Å². The van der Waals surface area contributed by atoms with Crippen molar-refractivity contribution in [3.05, 3.63) is 35.4 Å². The molecule has 1 N–H and O–H groups in total. The first-order valence-electron chi connectivity index (χ1n) is 7.27. The van der Waals surface area contributed by atoms with Crippen LogP contribution in [0.15, 0.2) is 24.3 Å². The number of rotatable bonds is 2. The fourth-order valence-corrected chi connectivity index (χ4v) is 2.90. The second-order valence-corrected chi connectivity index (χ2v) is 6.71. The van der Waals surface area contributed by atoms with Crippen LogP contribution in [0.3, 0.4) is 0 Å². The highest BCUT2D eigenvalue weighted by molar-refractivity contribution is 5.28. The van der Waals surface area contributed by atoms with Gasteiger partial charge in [0, 0.05) is 0 Å². The Labute approximate surface area is 111 Å². The van der Waals surface area contributed by atoms with E-state index in [0.717, 1.165) is 5.56 Å². The molecule has 0 bridgehead atoms. The summed E-state index contributed by atoms with van der Waals surface area (Å²) in [4.78, 5) is 0. The molecule has 1 atom stereocenters. The average molecular weight is 246 g/mol. The summed E-state index contributed by atoms with van der Waals surface area (Å²) in [6, 6.07) is 8.56. The Hall–Kier alpha value is -0.820. The van der Waals surface area contributed by atoms with Crippen LogP contribution >= 0.6 is 0 Å². The van der Waals surface area contributed by atoms with Gasteiger partial charge >= 0.3 is 0 Å². The monoisotopic (exact) mass is 246 g/mol. The third kappa shape index (κ3) is 3.14. The molecule has 0 amide bonds. The van der Waals surface area contributed by atoms with Crippen molar-refractivity contribution in [2.24, 2.45) is 5.92 Å². The maximum Gasteiger partial charge on any atom is 0.0818 e. The summed E-state index contributed by atoms with van der Waals surface area (Å²) in [5.74, 6) is 0.472. The standard InChI is InChI=1S/C17H26O/c1-17(2,3)15-11-9-14(10-12-15)16(18)13-7-5-4-6-8-13/h9-13,16,18H,4-8H2,1-3H3. The Kier molecular flexibility index (Phi) is 4.11. The zero-order chi connectivity index (χ0) is 13.2. The highest BCUT2D eigenvalue weighted by Crippen LogP contribution is 2.35. The summed E-state index contributed by atoms with van der Waals surface area (Å²) in [5, 5.41) is 10.4. The van der Waals surface area contributed by atoms with Crippen molar-refractivity contribution in [3.8, 4) is 0 Å². The highest BCUT2D eigenvalue weighted by atomic mass is 16.3. The van der Waals surface area contributed by atoms with Crippen molar-refractivity contribution >= 4 is 0 Å². The van der Waals surface area contributed by atoms with E-state index in [1.54, 1.807) is 0 Å². The Morgan fingerprint density at radius 2 is 1.56 bits per heavy atom. The molecule has 1 aromatic rings. The van der Waals surface area contributed by atoms with Crippen LogP contribution in [0, 0.1) is 5.92 Å². The Morgan fingerprint density at radius 3 is 2.06 bits per heavy atom. The number of aliphatic hydroxyl groups excluding tert-OH is 1. The van der Waals surface area contributed by atoms with Crippen molar-refractivity contribution in [1.29, 1.82) is 0 Å². The molecule has 0 radical (unpaired) electrons. The van der Waals surface area contributed by atoms with E-state index in [1.807, 2.05) is 0 Å². The van der Waals surface area contributed by atoms with Gasteiger partial charge in [-0.1, -0.05) is 64.3 Å². The lowest BCUT2D eigenvalue weighted by Crippen LogP contribution is -2.16. The van der Waals surface area contributed by atoms with Gasteiger partial charge in [-0.25, -0.2) is 0 Å². The second-order valence-electron chi connectivity index (χ2n) is 6.71. The largest absolute Gasteiger partial charge is 0.388 e. The highest BCUT2D eigenvalue weighted by Gasteiger charge is 2.23. The van der Waals surface area contributed by atoms with E-state index in [9.17, 15) is 5.11 Å². The Morgan fingerprint density at radius 1 is 1.00 bits per heavy atom. The summed E-state index contributed by atoms with van der Waals surface area (Å²) in [6.45, 7) is 6.67. The Balaban J connectivity index is 2.09. The van der Waals surface area contributed by atoms with Crippen molar-refractivity contribution in [1.82, 2.24) is 0 Å². The molecule has 1 fully saturated rings. The zero-order valence-electron chi connectivity index (χ0n) is 11.9. The van der Waals surface area contributed by atoms with Gasteiger partial charge in [0.05, 0.1) is 6.10 Å². The number of hydrogen-bond donors (Lipinski definition) is 1. The first-order chi connectivity index (χ1) is 8.48. The van der Waals surface area contributed by atoms with Crippen LogP contribution in [-0.2, 0) is 5.41 Å². The number of hydrogen-bond acceptors (Lipinski definition) is 1. The average Bonchev–Trinajstić information content (AvgIpc) is 2.38. The van der Waals surface area contributed by atoms with Crippen LogP contribution in [0.4, 0.5) is 0 Å². The van der Waals surface area contributed by atoms with E-state index in [-0.39, 0.29) is 11.5 Å². The molecule has 1 aliphatic rings. The van der Waals surface area contributed by atoms with Gasteiger partial charge in [0.1, 0.15) is 0 Å². The second kappa shape index (κ2) is 5.44. The van der Waals surface area contributed by atoms with Gasteiger partial charge < -0.3 is 5.11 Å². The molecule has 1 unspecified atom stereocenters. The minimum absolute atomic E-state index is 0.189. The van der Waals surface area contributed by atoms with Gasteiger partial charge in [-0.3, -0.25) is 0 Å². The van der Waals surface area contributed by atoms with Gasteiger partial charge in [-0.15, -0.1) is 0 Å². The summed E-state index contributed by atoms with van der Waals surface area (Å²) in [7, 11) is 0. The molecule has 1 aromatic carbocycles. The minimum atomic E-state index is -0.265. The summed E-state index contributed by atoms with van der Waals surface area (Å²) in [6.07, 6.45) is 6.00. The smallest absolute Gasteiger partial charge is 0.0818 e. The quantitative estimate of drug-likeness (QED) is 0.808. The van der Waals surface area contributed by atoms with Crippen molar-refractivity contribution in [2.45, 2.75) is 64.4 Å². The van der Waals surface area contributed by atoms with Gasteiger partial charge in [0.25, 0.3) is 0 Å². The van der Waals surface area contributed by atoms with Gasteiger partial charge in [-0.2, -0.15) is 0 Å². The first kappa shape index (κ1) is 13.6. The third-order valence-corrected chi connectivity index (χ3v) is 4.21. The lowest BCUT2D eigenvalue weighted by Gasteiger charge is -2.27. The molecule has 0 aliphatic heterocycles. The molecule has 18 heavy (non-hydrogen) atoms. The van der Waals surface area contributed by atoms with E-state index < -0.39 is 0 Å². The maximum absolute atomic E-state index is 10.4. The SMILES string of the molecule is CC(C)(C)c1ccc(C(O)C2CCCCC2)cc1. The molecule has 2 rings (SSSR count). The van der Waals surface area contributed by atoms with E-state index in [1.165, 1.54) is 37.7 Å². The van der Waals surface area contributed by atoms with Crippen LogP contribution in [-0.4, -0.2) is 5.11 Å². The predicted octanol–water partition coefficient (Wildman–Crippen LogP) is 4.60. The van der Waals surface area contributed by atoms with E-state index in [0.29, 0.717) is 5.92 Å². The van der Waals surface area contributed by atoms with Crippen LogP contribution in [0.25, 0.3) is 0 Å². The van der Waals surface area contributed by atoms with Crippen molar-refractivity contribution < 1.29 is 5.11 Å². The van der Waals surface area contributed by atoms with Gasteiger partial charge in [-0.05, 0) is 35.3 Å². The molecule has 1 saturated carbocycles. The molecule has 100 valence electrons. The molecule has 1 heteroatoms. The predicted molar refractivity (Wildman–Crippen MR) is 76.7 cm³/mol. The molecular weight excluding hydrogens is 220 g/mol. The third-order valence-electron chi connectivity index (χ3n) is 4.21. The lowest BCUT2D eigenvalue weighted by molar-refractivity contribution is 0.0848. The molecule has 0 aromatic heterocycles. The van der Waals surface area contributed by atoms with E-state index in [4.69, 9.17) is 0 Å². The number of aliphatic hydroxyl groups is 1. The minimum Gasteiger partial charge on any atom is -0.388 e. The first-order valence-corrected chi connectivity index (χ1v) is 7.27. The molecule has 0 heterocycles. The fourth-order valence-electron chi connectivity index (χ4n) is 2.90. The van der Waals surface area contributed by atoms with Crippen molar-refractivity contribution in [3.63, 3.8) is 0 Å². The van der Waals surface area contributed by atoms with E-state index in [2.05, 4.69) is 45.0 Å². The van der Waals surface area contributed by atoms with E-state index >= 15 is 0 Å². The molecule has 0 spiro atoms. The lowest BCUT2D eigenvalue weighted by atomic mass is 9.81. The maximum atomic E-state index is 10.4. The normalized spacial score (nSPS) is 19.8. The van der Waals surface area contributed by atoms with Crippen LogP contribution in [0.1, 0.15) is 70.1 Å². The Bertz CT molecular complexity index is 366. The molecule has 1 nitrogen and oxygen atoms in total. The fraction of sp³-hybridized carbons (Fsp3) is 0.647. The van der Waals surface area contributed by atoms with Crippen LogP contribution < -0.4 is 0 Å². The van der Waals surface area contributed by atoms with Gasteiger partial charge in [0.2, 0.25) is 0 Å². The van der Waals surface area contributed by atoms with Crippen LogP contribution in [0.2, 0.25) is 0 Å². The number of benzene rings is 1. The summed E-state index contributed by atoms with van der Waals surface area (Å²) in [5.41, 5.74) is 2.62. The summed E-state index contributed by atoms with van der Waals surface area (Å²) >= 11 is 0. The molecule has 1 aliphatic carbocycles. The molecular formula is C17H26O. The van der Waals surface area contributed by atoms with Crippen molar-refractivity contribution in [2.75, 3.05) is 0 Å². The zero-order valence-corrected chi connectivity index (χ0v) is 11.9. The van der Waals surface area contributed by atoms with Gasteiger partial charge in [0.15, 0.2) is 0 Å². The summed E-state index contributed by atoms with van der Waals surface area (Å²) < 4.78 is 0. The van der Waals surface area contributed by atoms with Crippen LogP contribution in [0.5, 0.6) is 0 Å².